The van der Waals surface area contributed by atoms with E-state index in [1.807, 2.05) is 11.0 Å². The number of aromatic nitrogens is 1. The lowest BCUT2D eigenvalue weighted by molar-refractivity contribution is -0.137. The summed E-state index contributed by atoms with van der Waals surface area (Å²) in [5, 5.41) is 1.10. The number of rotatable bonds is 2. The molecule has 0 unspecified atom stereocenters. The van der Waals surface area contributed by atoms with Gasteiger partial charge in [-0.05, 0) is 36.5 Å². The van der Waals surface area contributed by atoms with Crippen molar-refractivity contribution >= 4 is 34.9 Å². The van der Waals surface area contributed by atoms with Crippen molar-refractivity contribution in [2.45, 2.75) is 25.8 Å². The van der Waals surface area contributed by atoms with Gasteiger partial charge in [-0.1, -0.05) is 47.5 Å². The summed E-state index contributed by atoms with van der Waals surface area (Å²) in [6, 6.07) is 10.1. The number of pyridine rings is 1. The summed E-state index contributed by atoms with van der Waals surface area (Å²) >= 11 is 12.2. The van der Waals surface area contributed by atoms with Crippen LogP contribution in [0.15, 0.2) is 36.5 Å². The van der Waals surface area contributed by atoms with Crippen molar-refractivity contribution in [2.24, 2.45) is 5.92 Å². The standard InChI is InChI=1S/C20H21Cl2N3O/c21-17-11-18(22)19(23-12-17)24-8-6-15(7-9-24)20(26)25-10-5-14-3-1-2-4-16(14)13-25/h1-4,11-12,15H,5-10,13H2. The van der Waals surface area contributed by atoms with Crippen molar-refractivity contribution in [3.05, 3.63) is 57.7 Å². The number of hydrogen-bond acceptors (Lipinski definition) is 3. The van der Waals surface area contributed by atoms with E-state index in [9.17, 15) is 4.79 Å². The number of nitrogens with zero attached hydrogens (tertiary/aromatic N) is 3. The number of amides is 1. The largest absolute Gasteiger partial charge is 0.355 e. The molecule has 1 saturated heterocycles. The third kappa shape index (κ3) is 3.53. The van der Waals surface area contributed by atoms with E-state index in [4.69, 9.17) is 23.2 Å². The maximum absolute atomic E-state index is 13.0. The molecule has 0 N–H and O–H groups in total. The Kier molecular flexibility index (Phi) is 5.05. The first-order valence-corrected chi connectivity index (χ1v) is 9.79. The first kappa shape index (κ1) is 17.6. The van der Waals surface area contributed by atoms with Crippen LogP contribution in [0.5, 0.6) is 0 Å². The minimum Gasteiger partial charge on any atom is -0.355 e. The van der Waals surface area contributed by atoms with Crippen LogP contribution in [0.4, 0.5) is 5.82 Å². The smallest absolute Gasteiger partial charge is 0.226 e. The molecule has 0 aliphatic carbocycles. The minimum absolute atomic E-state index is 0.0857. The molecule has 0 spiro atoms. The lowest BCUT2D eigenvalue weighted by atomic mass is 9.93. The minimum atomic E-state index is 0.0857. The predicted octanol–water partition coefficient (Wildman–Crippen LogP) is 4.19. The van der Waals surface area contributed by atoms with Crippen LogP contribution in [-0.4, -0.2) is 35.4 Å². The zero-order valence-electron chi connectivity index (χ0n) is 14.5. The molecule has 1 aromatic carbocycles. The van der Waals surface area contributed by atoms with Crippen LogP contribution in [0.2, 0.25) is 10.0 Å². The van der Waals surface area contributed by atoms with Gasteiger partial charge < -0.3 is 9.80 Å². The highest BCUT2D eigenvalue weighted by atomic mass is 35.5. The molecule has 26 heavy (non-hydrogen) atoms. The Morgan fingerprint density at radius 2 is 1.81 bits per heavy atom. The lowest BCUT2D eigenvalue weighted by Gasteiger charge is -2.36. The summed E-state index contributed by atoms with van der Waals surface area (Å²) in [6.07, 6.45) is 4.23. The monoisotopic (exact) mass is 389 g/mol. The van der Waals surface area contributed by atoms with Crippen molar-refractivity contribution in [2.75, 3.05) is 24.5 Å². The molecule has 0 atom stereocenters. The molecule has 3 heterocycles. The highest BCUT2D eigenvalue weighted by Crippen LogP contribution is 2.31. The maximum Gasteiger partial charge on any atom is 0.226 e. The van der Waals surface area contributed by atoms with Gasteiger partial charge in [-0.15, -0.1) is 0 Å². The van der Waals surface area contributed by atoms with Crippen LogP contribution in [0.1, 0.15) is 24.0 Å². The highest BCUT2D eigenvalue weighted by Gasteiger charge is 2.31. The van der Waals surface area contributed by atoms with E-state index in [-0.39, 0.29) is 11.8 Å². The quantitative estimate of drug-likeness (QED) is 0.772. The van der Waals surface area contributed by atoms with Gasteiger partial charge in [0, 0.05) is 38.3 Å². The first-order valence-electron chi connectivity index (χ1n) is 9.03. The number of carbonyl (C=O) groups excluding carboxylic acids is 1. The fourth-order valence-electron chi connectivity index (χ4n) is 3.92. The van der Waals surface area contributed by atoms with Gasteiger partial charge in [0.15, 0.2) is 0 Å². The van der Waals surface area contributed by atoms with Gasteiger partial charge in [0.25, 0.3) is 0 Å². The molecule has 136 valence electrons. The Bertz CT molecular complexity index is 818. The van der Waals surface area contributed by atoms with Crippen molar-refractivity contribution in [3.8, 4) is 0 Å². The molecule has 0 bridgehead atoms. The SMILES string of the molecule is O=C(C1CCN(c2ncc(Cl)cc2Cl)CC1)N1CCc2ccccc2C1. The second-order valence-electron chi connectivity index (χ2n) is 7.00. The van der Waals surface area contributed by atoms with E-state index in [1.54, 1.807) is 12.3 Å². The van der Waals surface area contributed by atoms with Crippen molar-refractivity contribution < 1.29 is 4.79 Å². The van der Waals surface area contributed by atoms with E-state index in [2.05, 4.69) is 28.1 Å². The van der Waals surface area contributed by atoms with Crippen molar-refractivity contribution in [3.63, 3.8) is 0 Å². The molecule has 2 aromatic rings. The zero-order chi connectivity index (χ0) is 18.1. The second-order valence-corrected chi connectivity index (χ2v) is 7.84. The molecule has 0 radical (unpaired) electrons. The number of carbonyl (C=O) groups is 1. The van der Waals surface area contributed by atoms with Crippen LogP contribution in [0.25, 0.3) is 0 Å². The number of fused-ring (bicyclic) bond motifs is 1. The average Bonchev–Trinajstić information content (AvgIpc) is 2.67. The second kappa shape index (κ2) is 7.45. The molecule has 1 amide bonds. The molecule has 6 heteroatoms. The van der Waals surface area contributed by atoms with E-state index in [0.717, 1.165) is 51.3 Å². The first-order chi connectivity index (χ1) is 12.6. The van der Waals surface area contributed by atoms with Crippen molar-refractivity contribution in [1.82, 2.24) is 9.88 Å². The Labute approximate surface area is 163 Å². The van der Waals surface area contributed by atoms with Crippen LogP contribution in [0.3, 0.4) is 0 Å². The Balaban J connectivity index is 1.38. The summed E-state index contributed by atoms with van der Waals surface area (Å²) in [5.41, 5.74) is 2.65. The van der Waals surface area contributed by atoms with Gasteiger partial charge >= 0.3 is 0 Å². The van der Waals surface area contributed by atoms with Crippen LogP contribution in [0, 0.1) is 5.92 Å². The predicted molar refractivity (Wildman–Crippen MR) is 105 cm³/mol. The van der Waals surface area contributed by atoms with Crippen LogP contribution >= 0.6 is 23.2 Å². The van der Waals surface area contributed by atoms with Crippen LogP contribution < -0.4 is 4.90 Å². The fourth-order valence-corrected chi connectivity index (χ4v) is 4.42. The molecule has 2 aliphatic rings. The number of piperidine rings is 1. The summed E-state index contributed by atoms with van der Waals surface area (Å²) in [5.74, 6) is 1.13. The summed E-state index contributed by atoms with van der Waals surface area (Å²) in [4.78, 5) is 21.5. The molecule has 1 fully saturated rings. The number of halogens is 2. The number of hydrogen-bond donors (Lipinski definition) is 0. The van der Waals surface area contributed by atoms with E-state index < -0.39 is 0 Å². The highest BCUT2D eigenvalue weighted by molar-refractivity contribution is 6.36. The molecular formula is C20H21Cl2N3O. The zero-order valence-corrected chi connectivity index (χ0v) is 16.0. The molecular weight excluding hydrogens is 369 g/mol. The maximum atomic E-state index is 13.0. The number of benzene rings is 1. The van der Waals surface area contributed by atoms with E-state index in [1.165, 1.54) is 11.1 Å². The van der Waals surface area contributed by atoms with Gasteiger partial charge in [-0.25, -0.2) is 4.98 Å². The van der Waals surface area contributed by atoms with Gasteiger partial charge in [0.05, 0.1) is 10.0 Å². The van der Waals surface area contributed by atoms with Gasteiger partial charge in [0.1, 0.15) is 5.82 Å². The Morgan fingerprint density at radius 1 is 1.08 bits per heavy atom. The molecule has 2 aliphatic heterocycles. The fraction of sp³-hybridized carbons (Fsp3) is 0.400. The lowest BCUT2D eigenvalue weighted by Crippen LogP contribution is -2.44. The summed E-state index contributed by atoms with van der Waals surface area (Å²) in [6.45, 7) is 3.13. The van der Waals surface area contributed by atoms with Crippen molar-refractivity contribution in [1.29, 1.82) is 0 Å². The summed E-state index contributed by atoms with van der Waals surface area (Å²) < 4.78 is 0. The topological polar surface area (TPSA) is 36.4 Å². The Morgan fingerprint density at radius 3 is 2.54 bits per heavy atom. The summed E-state index contributed by atoms with van der Waals surface area (Å²) in [7, 11) is 0. The van der Waals surface area contributed by atoms with Crippen LogP contribution in [-0.2, 0) is 17.8 Å². The average molecular weight is 390 g/mol. The van der Waals surface area contributed by atoms with Gasteiger partial charge in [0.2, 0.25) is 5.91 Å². The molecule has 1 aromatic heterocycles. The molecule has 4 nitrogen and oxygen atoms in total. The Hall–Kier alpha value is -1.78. The van der Waals surface area contributed by atoms with E-state index >= 15 is 0 Å². The third-order valence-electron chi connectivity index (χ3n) is 5.37. The molecule has 4 rings (SSSR count). The molecule has 0 saturated carbocycles. The van der Waals surface area contributed by atoms with Gasteiger partial charge in [-0.3, -0.25) is 4.79 Å². The van der Waals surface area contributed by atoms with E-state index in [0.29, 0.717) is 10.0 Å². The number of anilines is 1. The third-order valence-corrected chi connectivity index (χ3v) is 5.86. The normalized spacial score (nSPS) is 17.9. The van der Waals surface area contributed by atoms with Gasteiger partial charge in [-0.2, -0.15) is 0 Å².